The van der Waals surface area contributed by atoms with Crippen LogP contribution in [0.1, 0.15) is 33.6 Å². The van der Waals surface area contributed by atoms with Gasteiger partial charge in [0.25, 0.3) is 0 Å². The molecule has 1 aliphatic rings. The molecule has 0 amide bonds. The van der Waals surface area contributed by atoms with E-state index >= 15 is 0 Å². The van der Waals surface area contributed by atoms with E-state index in [0.29, 0.717) is 18.4 Å². The summed E-state index contributed by atoms with van der Waals surface area (Å²) in [5, 5.41) is 0. The monoisotopic (exact) mass is 196 g/mol. The smallest absolute Gasteiger partial charge is 0.309 e. The summed E-state index contributed by atoms with van der Waals surface area (Å²) in [6.07, 6.45) is 2.20. The van der Waals surface area contributed by atoms with Gasteiger partial charge in [0.1, 0.15) is 0 Å². The van der Waals surface area contributed by atoms with Crippen molar-refractivity contribution in [1.82, 2.24) is 0 Å². The van der Waals surface area contributed by atoms with Gasteiger partial charge in [-0.3, -0.25) is 4.79 Å². The zero-order chi connectivity index (χ0) is 10.7. The third-order valence-corrected chi connectivity index (χ3v) is 3.17. The first-order chi connectivity index (χ1) is 6.57. The van der Waals surface area contributed by atoms with Crippen LogP contribution < -0.4 is 0 Å². The lowest BCUT2D eigenvalue weighted by Gasteiger charge is -2.21. The highest BCUT2D eigenvalue weighted by Crippen LogP contribution is 2.40. The maximum Gasteiger partial charge on any atom is 0.309 e. The van der Waals surface area contributed by atoms with E-state index < -0.39 is 0 Å². The van der Waals surface area contributed by atoms with Crippen LogP contribution in [-0.4, -0.2) is 12.6 Å². The molecular weight excluding hydrogens is 176 g/mol. The maximum absolute atomic E-state index is 11.7. The molecule has 0 heterocycles. The van der Waals surface area contributed by atoms with Gasteiger partial charge in [-0.1, -0.05) is 19.1 Å². The van der Waals surface area contributed by atoms with Gasteiger partial charge >= 0.3 is 5.97 Å². The predicted molar refractivity (Wildman–Crippen MR) is 56.8 cm³/mol. The number of hydrogen-bond acceptors (Lipinski definition) is 2. The van der Waals surface area contributed by atoms with Crippen LogP contribution in [0.25, 0.3) is 0 Å². The van der Waals surface area contributed by atoms with Gasteiger partial charge in [-0.15, -0.1) is 0 Å². The van der Waals surface area contributed by atoms with E-state index in [9.17, 15) is 4.79 Å². The van der Waals surface area contributed by atoms with Crippen molar-refractivity contribution in [2.24, 2.45) is 17.8 Å². The average molecular weight is 196 g/mol. The van der Waals surface area contributed by atoms with Crippen LogP contribution in [0, 0.1) is 17.8 Å². The molecule has 2 heteroatoms. The van der Waals surface area contributed by atoms with E-state index in [4.69, 9.17) is 4.74 Å². The number of esters is 1. The van der Waals surface area contributed by atoms with E-state index in [-0.39, 0.29) is 11.9 Å². The standard InChI is InChI=1S/C12H20O2/c1-5-14-12(13)11-9(4)6-7-10(11)8(2)3/h9-11H,2,5-7H2,1,3-4H3. The van der Waals surface area contributed by atoms with Gasteiger partial charge in [-0.25, -0.2) is 0 Å². The second kappa shape index (κ2) is 4.63. The van der Waals surface area contributed by atoms with Gasteiger partial charge in [0.05, 0.1) is 12.5 Å². The molecule has 14 heavy (non-hydrogen) atoms. The number of rotatable bonds is 3. The minimum Gasteiger partial charge on any atom is -0.466 e. The Morgan fingerprint density at radius 2 is 2.14 bits per heavy atom. The molecule has 0 spiro atoms. The molecule has 0 bridgehead atoms. The largest absolute Gasteiger partial charge is 0.466 e. The summed E-state index contributed by atoms with van der Waals surface area (Å²) in [5.74, 6) is 0.790. The van der Waals surface area contributed by atoms with Crippen molar-refractivity contribution in [1.29, 1.82) is 0 Å². The van der Waals surface area contributed by atoms with Gasteiger partial charge in [0.2, 0.25) is 0 Å². The molecule has 0 radical (unpaired) electrons. The molecule has 2 nitrogen and oxygen atoms in total. The number of ether oxygens (including phenoxy) is 1. The first-order valence-electron chi connectivity index (χ1n) is 5.40. The van der Waals surface area contributed by atoms with E-state index in [1.165, 1.54) is 0 Å². The van der Waals surface area contributed by atoms with Gasteiger partial charge in [0, 0.05) is 0 Å². The zero-order valence-electron chi connectivity index (χ0n) is 9.38. The highest BCUT2D eigenvalue weighted by atomic mass is 16.5. The number of hydrogen-bond donors (Lipinski definition) is 0. The van der Waals surface area contributed by atoms with Crippen LogP contribution >= 0.6 is 0 Å². The van der Waals surface area contributed by atoms with E-state index in [1.54, 1.807) is 0 Å². The normalized spacial score (nSPS) is 31.5. The Morgan fingerprint density at radius 3 is 2.64 bits per heavy atom. The van der Waals surface area contributed by atoms with Crippen molar-refractivity contribution in [3.05, 3.63) is 12.2 Å². The summed E-state index contributed by atoms with van der Waals surface area (Å²) >= 11 is 0. The lowest BCUT2D eigenvalue weighted by molar-refractivity contribution is -0.150. The fourth-order valence-corrected chi connectivity index (χ4v) is 2.39. The lowest BCUT2D eigenvalue weighted by Crippen LogP contribution is -2.26. The fourth-order valence-electron chi connectivity index (χ4n) is 2.39. The summed E-state index contributed by atoms with van der Waals surface area (Å²) < 4.78 is 5.10. The van der Waals surface area contributed by atoms with Crippen molar-refractivity contribution in [2.75, 3.05) is 6.61 Å². The van der Waals surface area contributed by atoms with Crippen LogP contribution in [0.2, 0.25) is 0 Å². The Hall–Kier alpha value is -0.790. The molecular formula is C12H20O2. The molecule has 80 valence electrons. The van der Waals surface area contributed by atoms with E-state index in [2.05, 4.69) is 13.5 Å². The van der Waals surface area contributed by atoms with Crippen molar-refractivity contribution in [3.8, 4) is 0 Å². The highest BCUT2D eigenvalue weighted by Gasteiger charge is 2.39. The third kappa shape index (κ3) is 2.17. The van der Waals surface area contributed by atoms with Crippen molar-refractivity contribution in [2.45, 2.75) is 33.6 Å². The summed E-state index contributed by atoms with van der Waals surface area (Å²) in [6.45, 7) is 10.4. The van der Waals surface area contributed by atoms with Crippen LogP contribution in [0.3, 0.4) is 0 Å². The summed E-state index contributed by atoms with van der Waals surface area (Å²) in [6, 6.07) is 0. The minimum absolute atomic E-state index is 0.0366. The minimum atomic E-state index is -0.0366. The number of carbonyl (C=O) groups is 1. The van der Waals surface area contributed by atoms with Crippen LogP contribution in [-0.2, 0) is 9.53 Å². The quantitative estimate of drug-likeness (QED) is 0.512. The third-order valence-electron chi connectivity index (χ3n) is 3.17. The first-order valence-corrected chi connectivity index (χ1v) is 5.40. The average Bonchev–Trinajstić information content (AvgIpc) is 2.47. The topological polar surface area (TPSA) is 26.3 Å². The molecule has 0 aliphatic heterocycles. The molecule has 0 aromatic rings. The Kier molecular flexibility index (Phi) is 3.73. The first kappa shape index (κ1) is 11.3. The molecule has 0 saturated heterocycles. The van der Waals surface area contributed by atoms with Crippen LogP contribution in [0.4, 0.5) is 0 Å². The molecule has 3 unspecified atom stereocenters. The second-order valence-corrected chi connectivity index (χ2v) is 4.29. The highest BCUT2D eigenvalue weighted by molar-refractivity contribution is 5.74. The van der Waals surface area contributed by atoms with Crippen LogP contribution in [0.5, 0.6) is 0 Å². The Morgan fingerprint density at radius 1 is 1.50 bits per heavy atom. The number of carbonyl (C=O) groups excluding carboxylic acids is 1. The predicted octanol–water partition coefficient (Wildman–Crippen LogP) is 2.79. The SMILES string of the molecule is C=C(C)C1CCC(C)C1C(=O)OCC. The Balaban J connectivity index is 2.71. The molecule has 1 saturated carbocycles. The maximum atomic E-state index is 11.7. The number of allylic oxidation sites excluding steroid dienone is 1. The van der Waals surface area contributed by atoms with E-state index in [0.717, 1.165) is 18.4 Å². The molecule has 0 aromatic heterocycles. The van der Waals surface area contributed by atoms with Crippen molar-refractivity contribution in [3.63, 3.8) is 0 Å². The lowest BCUT2D eigenvalue weighted by atomic mass is 9.86. The van der Waals surface area contributed by atoms with Gasteiger partial charge < -0.3 is 4.74 Å². The molecule has 1 aliphatic carbocycles. The van der Waals surface area contributed by atoms with Gasteiger partial charge in [-0.2, -0.15) is 0 Å². The van der Waals surface area contributed by atoms with Gasteiger partial charge in [-0.05, 0) is 38.5 Å². The van der Waals surface area contributed by atoms with Crippen molar-refractivity contribution < 1.29 is 9.53 Å². The molecule has 3 atom stereocenters. The summed E-state index contributed by atoms with van der Waals surface area (Å²) in [4.78, 5) is 11.7. The van der Waals surface area contributed by atoms with Crippen molar-refractivity contribution >= 4 is 5.97 Å². The summed E-state index contributed by atoms with van der Waals surface area (Å²) in [5.41, 5.74) is 1.12. The molecule has 0 N–H and O–H groups in total. The summed E-state index contributed by atoms with van der Waals surface area (Å²) in [7, 11) is 0. The second-order valence-electron chi connectivity index (χ2n) is 4.29. The fraction of sp³-hybridized carbons (Fsp3) is 0.750. The molecule has 0 aromatic carbocycles. The Bertz CT molecular complexity index is 232. The Labute approximate surface area is 86.3 Å². The molecule has 1 fully saturated rings. The molecule has 1 rings (SSSR count). The van der Waals surface area contributed by atoms with Gasteiger partial charge in [0.15, 0.2) is 0 Å². The zero-order valence-corrected chi connectivity index (χ0v) is 9.38. The van der Waals surface area contributed by atoms with E-state index in [1.807, 2.05) is 13.8 Å². The van der Waals surface area contributed by atoms with Crippen LogP contribution in [0.15, 0.2) is 12.2 Å².